The number of hydrogen-bond donors (Lipinski definition) is 1. The van der Waals surface area contributed by atoms with Crippen molar-refractivity contribution in [2.24, 2.45) is 0 Å². The highest BCUT2D eigenvalue weighted by atomic mass is 32.2. The Morgan fingerprint density at radius 3 is 2.57 bits per heavy atom. The maximum atomic E-state index is 12.9. The minimum atomic E-state index is -0.494. The van der Waals surface area contributed by atoms with Gasteiger partial charge in [-0.25, -0.2) is 4.79 Å². The van der Waals surface area contributed by atoms with E-state index in [9.17, 15) is 9.59 Å². The number of allylic oxidation sites excluding steroid dienone is 1. The van der Waals surface area contributed by atoms with E-state index in [0.717, 1.165) is 28.1 Å². The molecule has 1 N–H and O–H groups in total. The number of amides is 1. The molecule has 1 amide bonds. The molecule has 0 spiro atoms. The van der Waals surface area contributed by atoms with Gasteiger partial charge in [0.2, 0.25) is 5.91 Å². The maximum absolute atomic E-state index is 12.9. The number of esters is 1. The average molecular weight is 553 g/mol. The molecule has 37 heavy (non-hydrogen) atoms. The van der Waals surface area contributed by atoms with Crippen molar-refractivity contribution in [2.75, 3.05) is 18.2 Å². The molecule has 0 aliphatic rings. The Balaban J connectivity index is 1.51. The zero-order chi connectivity index (χ0) is 26.5. The monoisotopic (exact) mass is 552 g/mol. The lowest BCUT2D eigenvalue weighted by molar-refractivity contribution is -0.113. The van der Waals surface area contributed by atoms with Gasteiger partial charge in [0.25, 0.3) is 0 Å². The van der Waals surface area contributed by atoms with E-state index in [2.05, 4.69) is 47.4 Å². The van der Waals surface area contributed by atoms with Crippen LogP contribution in [-0.4, -0.2) is 39.5 Å². The van der Waals surface area contributed by atoms with Crippen LogP contribution in [0.25, 0.3) is 22.5 Å². The zero-order valence-corrected chi connectivity index (χ0v) is 23.6. The van der Waals surface area contributed by atoms with Crippen LogP contribution in [0.1, 0.15) is 40.6 Å². The van der Waals surface area contributed by atoms with Crippen molar-refractivity contribution < 1.29 is 14.3 Å². The largest absolute Gasteiger partial charge is 0.465 e. The summed E-state index contributed by atoms with van der Waals surface area (Å²) in [5.74, 6) is 0.547. The number of aryl methyl sites for hydroxylation is 1. The molecule has 4 aromatic rings. The summed E-state index contributed by atoms with van der Waals surface area (Å²) in [5.41, 5.74) is 4.09. The van der Waals surface area contributed by atoms with E-state index in [-0.39, 0.29) is 11.7 Å². The van der Waals surface area contributed by atoms with E-state index < -0.39 is 5.97 Å². The van der Waals surface area contributed by atoms with Crippen LogP contribution in [0.5, 0.6) is 0 Å². The third kappa shape index (κ3) is 6.03. The highest BCUT2D eigenvalue weighted by Crippen LogP contribution is 2.37. The fourth-order valence-electron chi connectivity index (χ4n) is 3.67. The molecule has 0 saturated heterocycles. The number of ether oxygens (including phenoxy) is 1. The number of methoxy groups -OCH3 is 1. The first-order valence-electron chi connectivity index (χ1n) is 11.6. The second-order valence-corrected chi connectivity index (χ2v) is 11.4. The second-order valence-electron chi connectivity index (χ2n) is 8.65. The Bertz CT molecular complexity index is 1420. The minimum absolute atomic E-state index is 0.106. The Morgan fingerprint density at radius 2 is 1.92 bits per heavy atom. The summed E-state index contributed by atoms with van der Waals surface area (Å²) < 4.78 is 6.97. The quantitative estimate of drug-likeness (QED) is 0.131. The fourth-order valence-corrected chi connectivity index (χ4v) is 6.29. The lowest BCUT2D eigenvalue weighted by Gasteiger charge is -2.09. The molecule has 0 bridgehead atoms. The van der Waals surface area contributed by atoms with Crippen LogP contribution in [0, 0.1) is 6.92 Å². The van der Waals surface area contributed by atoms with Crippen molar-refractivity contribution in [3.8, 4) is 22.5 Å². The first-order chi connectivity index (χ1) is 17.8. The number of benzene rings is 1. The van der Waals surface area contributed by atoms with Gasteiger partial charge in [0.1, 0.15) is 10.6 Å². The van der Waals surface area contributed by atoms with Crippen LogP contribution in [0.15, 0.2) is 58.9 Å². The Hall–Kier alpha value is -3.21. The van der Waals surface area contributed by atoms with Gasteiger partial charge in [-0.2, -0.15) is 0 Å². The molecular weight excluding hydrogens is 525 g/mol. The van der Waals surface area contributed by atoms with Gasteiger partial charge in [-0.15, -0.1) is 39.4 Å². The van der Waals surface area contributed by atoms with Crippen molar-refractivity contribution in [1.29, 1.82) is 0 Å². The SMILES string of the molecule is C=CCn1c(SCC(=O)Nc2scc(-c3ccc(C)cc3)c2C(=O)OC)nnc1-c1csc(C(C)C)c1. The van der Waals surface area contributed by atoms with E-state index >= 15 is 0 Å². The molecule has 3 aromatic heterocycles. The van der Waals surface area contributed by atoms with Crippen LogP contribution >= 0.6 is 34.4 Å². The van der Waals surface area contributed by atoms with Gasteiger partial charge in [-0.1, -0.05) is 61.5 Å². The number of rotatable bonds is 10. The summed E-state index contributed by atoms with van der Waals surface area (Å²) in [6, 6.07) is 10.0. The molecule has 0 atom stereocenters. The highest BCUT2D eigenvalue weighted by Gasteiger charge is 2.23. The van der Waals surface area contributed by atoms with Gasteiger partial charge in [-0.3, -0.25) is 9.36 Å². The molecule has 4 rings (SSSR count). The first kappa shape index (κ1) is 26.8. The third-order valence-corrected chi connectivity index (χ3v) is 8.70. The van der Waals surface area contributed by atoms with Gasteiger partial charge in [0.15, 0.2) is 11.0 Å². The lowest BCUT2D eigenvalue weighted by Crippen LogP contribution is -2.16. The molecule has 0 aliphatic heterocycles. The molecule has 0 fully saturated rings. The zero-order valence-electron chi connectivity index (χ0n) is 21.1. The number of thioether (sulfide) groups is 1. The normalized spacial score (nSPS) is 11.1. The van der Waals surface area contributed by atoms with Crippen LogP contribution in [-0.2, 0) is 16.1 Å². The van der Waals surface area contributed by atoms with Crippen molar-refractivity contribution in [3.63, 3.8) is 0 Å². The Labute approximate surface area is 228 Å². The lowest BCUT2D eigenvalue weighted by atomic mass is 10.0. The van der Waals surface area contributed by atoms with Gasteiger partial charge < -0.3 is 10.1 Å². The van der Waals surface area contributed by atoms with E-state index in [1.54, 1.807) is 17.4 Å². The van der Waals surface area contributed by atoms with Crippen molar-refractivity contribution in [1.82, 2.24) is 14.8 Å². The summed E-state index contributed by atoms with van der Waals surface area (Å²) in [5, 5.41) is 16.6. The van der Waals surface area contributed by atoms with Crippen LogP contribution in [0.3, 0.4) is 0 Å². The molecule has 192 valence electrons. The molecule has 0 saturated carbocycles. The minimum Gasteiger partial charge on any atom is -0.465 e. The summed E-state index contributed by atoms with van der Waals surface area (Å²) in [7, 11) is 1.34. The van der Waals surface area contributed by atoms with Gasteiger partial charge in [0, 0.05) is 33.3 Å². The number of nitrogens with one attached hydrogen (secondary N) is 1. The molecule has 0 radical (unpaired) electrons. The van der Waals surface area contributed by atoms with Gasteiger partial charge in [-0.05, 0) is 24.5 Å². The molecular formula is C27H28N4O3S3. The molecule has 0 unspecified atom stereocenters. The second kappa shape index (κ2) is 11.9. The predicted octanol–water partition coefficient (Wildman–Crippen LogP) is 6.87. The Morgan fingerprint density at radius 1 is 1.16 bits per heavy atom. The number of hydrogen-bond acceptors (Lipinski definition) is 8. The van der Waals surface area contributed by atoms with Crippen LogP contribution < -0.4 is 5.32 Å². The molecule has 7 nitrogen and oxygen atoms in total. The number of thiophene rings is 2. The van der Waals surface area contributed by atoms with Crippen molar-refractivity contribution >= 4 is 51.3 Å². The van der Waals surface area contributed by atoms with Crippen LogP contribution in [0.2, 0.25) is 0 Å². The molecule has 0 aliphatic carbocycles. The van der Waals surface area contributed by atoms with E-state index in [1.807, 2.05) is 41.1 Å². The average Bonchev–Trinajstić information content (AvgIpc) is 3.62. The molecule has 3 heterocycles. The molecule has 1 aromatic carbocycles. The number of aromatic nitrogens is 3. The van der Waals surface area contributed by atoms with Gasteiger partial charge in [0.05, 0.1) is 12.9 Å². The maximum Gasteiger partial charge on any atom is 0.341 e. The third-order valence-electron chi connectivity index (χ3n) is 5.60. The predicted molar refractivity (Wildman–Crippen MR) is 153 cm³/mol. The molecule has 10 heteroatoms. The topological polar surface area (TPSA) is 86.1 Å². The summed E-state index contributed by atoms with van der Waals surface area (Å²) >= 11 is 4.29. The summed E-state index contributed by atoms with van der Waals surface area (Å²) in [6.07, 6.45) is 1.79. The standard InChI is InChI=1S/C27H28N4O3S3/c1-6-11-31-24(19-12-21(16(2)3)35-13-19)29-30-27(31)37-15-22(32)28-25-23(26(33)34-5)20(14-36-25)18-9-7-17(4)8-10-18/h6-10,12-14,16H,1,11,15H2,2-5H3,(H,28,32). The van der Waals surface area contributed by atoms with E-state index in [0.29, 0.717) is 28.2 Å². The highest BCUT2D eigenvalue weighted by molar-refractivity contribution is 7.99. The van der Waals surface area contributed by atoms with E-state index in [4.69, 9.17) is 4.74 Å². The first-order valence-corrected chi connectivity index (χ1v) is 14.4. The summed E-state index contributed by atoms with van der Waals surface area (Å²) in [4.78, 5) is 26.8. The van der Waals surface area contributed by atoms with E-state index in [1.165, 1.54) is 35.1 Å². The number of nitrogens with zero attached hydrogens (tertiary/aromatic N) is 3. The van der Waals surface area contributed by atoms with Crippen molar-refractivity contribution in [3.05, 3.63) is 69.8 Å². The van der Waals surface area contributed by atoms with Crippen molar-refractivity contribution in [2.45, 2.75) is 38.4 Å². The summed E-state index contributed by atoms with van der Waals surface area (Å²) in [6.45, 7) is 10.7. The number of anilines is 1. The fraction of sp³-hybridized carbons (Fsp3) is 0.259. The number of carbonyl (C=O) groups is 2. The van der Waals surface area contributed by atoms with Crippen LogP contribution in [0.4, 0.5) is 5.00 Å². The van der Waals surface area contributed by atoms with Gasteiger partial charge >= 0.3 is 5.97 Å². The number of carbonyl (C=O) groups excluding carboxylic acids is 2. The smallest absolute Gasteiger partial charge is 0.341 e. The Kier molecular flexibility index (Phi) is 8.63.